The lowest BCUT2D eigenvalue weighted by Gasteiger charge is -2.35. The van der Waals surface area contributed by atoms with Gasteiger partial charge in [-0.15, -0.1) is 0 Å². The average molecular weight is 250 g/mol. The summed E-state index contributed by atoms with van der Waals surface area (Å²) < 4.78 is 1.73. The summed E-state index contributed by atoms with van der Waals surface area (Å²) in [5.41, 5.74) is 0. The predicted molar refractivity (Wildman–Crippen MR) is 70.2 cm³/mol. The van der Waals surface area contributed by atoms with Gasteiger partial charge in [0.2, 0.25) is 5.91 Å². The van der Waals surface area contributed by atoms with Gasteiger partial charge in [-0.2, -0.15) is 5.10 Å². The van der Waals surface area contributed by atoms with E-state index in [9.17, 15) is 4.79 Å². The lowest BCUT2D eigenvalue weighted by atomic mass is 10.0. The van der Waals surface area contributed by atoms with Crippen LogP contribution in [-0.4, -0.2) is 46.3 Å². The number of nitrogens with zero attached hydrogens (tertiary/aromatic N) is 3. The Kier molecular flexibility index (Phi) is 4.36. The van der Waals surface area contributed by atoms with Crippen LogP contribution in [0.25, 0.3) is 0 Å². The average Bonchev–Trinajstić information content (AvgIpc) is 2.94. The smallest absolute Gasteiger partial charge is 0.247 e. The van der Waals surface area contributed by atoms with Gasteiger partial charge in [0, 0.05) is 25.0 Å². The van der Waals surface area contributed by atoms with Crippen LogP contribution in [-0.2, 0) is 4.79 Å². The second kappa shape index (κ2) is 6.00. The van der Waals surface area contributed by atoms with Crippen molar-refractivity contribution >= 4 is 5.91 Å². The van der Waals surface area contributed by atoms with E-state index >= 15 is 0 Å². The number of likely N-dealkylation sites (N-methyl/N-ethyl adjacent to an activating group) is 1. The van der Waals surface area contributed by atoms with E-state index in [1.54, 1.807) is 10.9 Å². The van der Waals surface area contributed by atoms with Crippen molar-refractivity contribution in [1.82, 2.24) is 20.0 Å². The van der Waals surface area contributed by atoms with E-state index < -0.39 is 0 Å². The number of piperidine rings is 1. The van der Waals surface area contributed by atoms with E-state index in [1.165, 1.54) is 0 Å². The fourth-order valence-corrected chi connectivity index (χ4v) is 2.58. The quantitative estimate of drug-likeness (QED) is 0.869. The molecule has 2 rings (SSSR count). The zero-order valence-corrected chi connectivity index (χ0v) is 11.2. The van der Waals surface area contributed by atoms with Gasteiger partial charge >= 0.3 is 0 Å². The first-order chi connectivity index (χ1) is 8.74. The molecule has 0 radical (unpaired) electrons. The molecule has 1 unspecified atom stereocenters. The molecule has 5 nitrogen and oxygen atoms in total. The highest BCUT2D eigenvalue weighted by atomic mass is 16.2. The summed E-state index contributed by atoms with van der Waals surface area (Å²) in [6.45, 7) is 6.75. The fraction of sp³-hybridized carbons (Fsp3) is 0.692. The van der Waals surface area contributed by atoms with Crippen molar-refractivity contribution in [3.63, 3.8) is 0 Å². The molecule has 1 fully saturated rings. The minimum atomic E-state index is -0.213. The Morgan fingerprint density at radius 3 is 2.83 bits per heavy atom. The van der Waals surface area contributed by atoms with Crippen LogP contribution in [0.4, 0.5) is 0 Å². The Labute approximate surface area is 108 Å². The van der Waals surface area contributed by atoms with Crippen LogP contribution in [0, 0.1) is 0 Å². The van der Waals surface area contributed by atoms with E-state index in [2.05, 4.69) is 17.3 Å². The summed E-state index contributed by atoms with van der Waals surface area (Å²) in [6, 6.07) is 2.02. The molecule has 1 N–H and O–H groups in total. The van der Waals surface area contributed by atoms with Crippen LogP contribution in [0.3, 0.4) is 0 Å². The molecule has 0 spiro atoms. The molecule has 1 atom stereocenters. The molecule has 1 saturated heterocycles. The maximum Gasteiger partial charge on any atom is 0.247 e. The molecular weight excluding hydrogens is 228 g/mol. The molecule has 0 aromatic carbocycles. The molecule has 0 saturated carbocycles. The Hall–Kier alpha value is -1.36. The molecule has 18 heavy (non-hydrogen) atoms. The van der Waals surface area contributed by atoms with Crippen molar-refractivity contribution in [3.05, 3.63) is 18.5 Å². The largest absolute Gasteiger partial charge is 0.338 e. The second-order valence-corrected chi connectivity index (χ2v) is 4.77. The van der Waals surface area contributed by atoms with E-state index in [1.807, 2.05) is 24.1 Å². The van der Waals surface area contributed by atoms with E-state index in [0.29, 0.717) is 6.04 Å². The summed E-state index contributed by atoms with van der Waals surface area (Å²) in [6.07, 6.45) is 5.65. The van der Waals surface area contributed by atoms with Crippen molar-refractivity contribution in [3.8, 4) is 0 Å². The first kappa shape index (κ1) is 13.1. The molecule has 0 bridgehead atoms. The molecule has 1 amide bonds. The topological polar surface area (TPSA) is 50.2 Å². The highest BCUT2D eigenvalue weighted by Gasteiger charge is 2.28. The fourth-order valence-electron chi connectivity index (χ4n) is 2.58. The van der Waals surface area contributed by atoms with Crippen LogP contribution < -0.4 is 5.32 Å². The number of carbonyl (C=O) groups is 1. The van der Waals surface area contributed by atoms with Gasteiger partial charge in [-0.1, -0.05) is 0 Å². The standard InChI is InChI=1S/C13H22N4O/c1-3-16(12-5-8-14-9-6-12)13(18)11(2)17-10-4-7-15-17/h4,7,10-12,14H,3,5-6,8-9H2,1-2H3. The maximum absolute atomic E-state index is 12.5. The highest BCUT2D eigenvalue weighted by Crippen LogP contribution is 2.17. The third kappa shape index (κ3) is 2.72. The van der Waals surface area contributed by atoms with E-state index in [-0.39, 0.29) is 11.9 Å². The van der Waals surface area contributed by atoms with Crippen molar-refractivity contribution in [1.29, 1.82) is 0 Å². The Morgan fingerprint density at radius 2 is 2.28 bits per heavy atom. The summed E-state index contributed by atoms with van der Waals surface area (Å²) in [5.74, 6) is 0.174. The number of nitrogens with one attached hydrogen (secondary N) is 1. The number of aromatic nitrogens is 2. The predicted octanol–water partition coefficient (Wildman–Crippen LogP) is 1.04. The Balaban J connectivity index is 2.04. The van der Waals surface area contributed by atoms with Gasteiger partial charge in [0.15, 0.2) is 0 Å². The van der Waals surface area contributed by atoms with Gasteiger partial charge in [0.05, 0.1) is 0 Å². The number of rotatable bonds is 4. The lowest BCUT2D eigenvalue weighted by Crippen LogP contribution is -2.48. The van der Waals surface area contributed by atoms with E-state index in [0.717, 1.165) is 32.5 Å². The monoisotopic (exact) mass is 250 g/mol. The summed E-state index contributed by atoms with van der Waals surface area (Å²) >= 11 is 0. The van der Waals surface area contributed by atoms with Crippen molar-refractivity contribution in [2.24, 2.45) is 0 Å². The van der Waals surface area contributed by atoms with Gasteiger partial charge in [0.25, 0.3) is 0 Å². The van der Waals surface area contributed by atoms with Gasteiger partial charge < -0.3 is 10.2 Å². The third-order valence-corrected chi connectivity index (χ3v) is 3.65. The molecule has 1 aromatic heterocycles. The van der Waals surface area contributed by atoms with Crippen molar-refractivity contribution in [2.75, 3.05) is 19.6 Å². The van der Waals surface area contributed by atoms with Gasteiger partial charge in [0.1, 0.15) is 6.04 Å². The second-order valence-electron chi connectivity index (χ2n) is 4.77. The van der Waals surface area contributed by atoms with Gasteiger partial charge in [-0.05, 0) is 45.8 Å². The minimum absolute atomic E-state index is 0.174. The maximum atomic E-state index is 12.5. The Morgan fingerprint density at radius 1 is 1.56 bits per heavy atom. The van der Waals surface area contributed by atoms with Crippen LogP contribution >= 0.6 is 0 Å². The number of carbonyl (C=O) groups excluding carboxylic acids is 1. The summed E-state index contributed by atoms with van der Waals surface area (Å²) in [7, 11) is 0. The molecule has 2 heterocycles. The molecule has 1 aliphatic rings. The zero-order chi connectivity index (χ0) is 13.0. The zero-order valence-electron chi connectivity index (χ0n) is 11.2. The first-order valence-corrected chi connectivity index (χ1v) is 6.74. The highest BCUT2D eigenvalue weighted by molar-refractivity contribution is 5.80. The van der Waals surface area contributed by atoms with Crippen LogP contribution in [0.2, 0.25) is 0 Å². The van der Waals surface area contributed by atoms with Crippen LogP contribution in [0.5, 0.6) is 0 Å². The molecular formula is C13H22N4O. The van der Waals surface area contributed by atoms with Crippen LogP contribution in [0.15, 0.2) is 18.5 Å². The molecule has 5 heteroatoms. The molecule has 0 aliphatic carbocycles. The van der Waals surface area contributed by atoms with Gasteiger partial charge in [-0.25, -0.2) is 0 Å². The Bertz CT molecular complexity index is 370. The summed E-state index contributed by atoms with van der Waals surface area (Å²) in [5, 5.41) is 7.49. The molecule has 100 valence electrons. The SMILES string of the molecule is CCN(C(=O)C(C)n1cccn1)C1CCNCC1. The normalized spacial score (nSPS) is 18.6. The summed E-state index contributed by atoms with van der Waals surface area (Å²) in [4.78, 5) is 14.5. The third-order valence-electron chi connectivity index (χ3n) is 3.65. The first-order valence-electron chi connectivity index (χ1n) is 6.74. The number of hydrogen-bond acceptors (Lipinski definition) is 3. The molecule has 1 aliphatic heterocycles. The lowest BCUT2D eigenvalue weighted by molar-refractivity contribution is -0.137. The minimum Gasteiger partial charge on any atom is -0.338 e. The van der Waals surface area contributed by atoms with Crippen molar-refractivity contribution in [2.45, 2.75) is 38.8 Å². The van der Waals surface area contributed by atoms with Crippen molar-refractivity contribution < 1.29 is 4.79 Å². The van der Waals surface area contributed by atoms with E-state index in [4.69, 9.17) is 0 Å². The number of hydrogen-bond donors (Lipinski definition) is 1. The van der Waals surface area contributed by atoms with Crippen LogP contribution in [0.1, 0.15) is 32.7 Å². The number of amides is 1. The molecule has 1 aromatic rings. The van der Waals surface area contributed by atoms with Gasteiger partial charge in [-0.3, -0.25) is 9.48 Å².